The lowest BCUT2D eigenvalue weighted by atomic mass is 10.0. The third-order valence-electron chi connectivity index (χ3n) is 4.77. The van der Waals surface area contributed by atoms with Crippen LogP contribution in [0.1, 0.15) is 33.6 Å². The van der Waals surface area contributed by atoms with Crippen molar-refractivity contribution >= 4 is 36.9 Å². The Balaban J connectivity index is 2.47. The maximum atomic E-state index is 13.0. The predicted molar refractivity (Wildman–Crippen MR) is 124 cm³/mol. The Hall–Kier alpha value is -3.15. The summed E-state index contributed by atoms with van der Waals surface area (Å²) in [4.78, 5) is 57.9. The van der Waals surface area contributed by atoms with Crippen LogP contribution >= 0.6 is 0 Å². The van der Waals surface area contributed by atoms with Gasteiger partial charge in [0.15, 0.2) is 6.29 Å². The number of benzene rings is 1. The quantitative estimate of drug-likeness (QED) is 0.188. The van der Waals surface area contributed by atoms with Gasteiger partial charge in [-0.25, -0.2) is 0 Å². The predicted octanol–water partition coefficient (Wildman–Crippen LogP) is 0.325. The van der Waals surface area contributed by atoms with Crippen LogP contribution in [0.4, 0.5) is 5.69 Å². The van der Waals surface area contributed by atoms with E-state index in [2.05, 4.69) is 10.6 Å². The van der Waals surface area contributed by atoms with E-state index in [1.165, 1.54) is 18.0 Å². The molecule has 0 spiro atoms. The number of aldehydes is 3. The van der Waals surface area contributed by atoms with Gasteiger partial charge in [0.25, 0.3) is 5.91 Å². The summed E-state index contributed by atoms with van der Waals surface area (Å²) in [6.07, 6.45) is 2.86. The van der Waals surface area contributed by atoms with E-state index in [1.807, 2.05) is 0 Å². The minimum absolute atomic E-state index is 0.147. The van der Waals surface area contributed by atoms with Crippen LogP contribution in [-0.2, 0) is 28.6 Å². The average Bonchev–Trinajstić information content (AvgIpc) is 2.86. The second kappa shape index (κ2) is 18.3. The molecule has 1 rings (SSSR count). The molecule has 1 aromatic carbocycles. The summed E-state index contributed by atoms with van der Waals surface area (Å²) in [5.74, 6) is -0.494. The molecular formula is C23H33N3O8. The number of nitrogens with zero attached hydrogens (tertiary/aromatic N) is 1. The summed E-state index contributed by atoms with van der Waals surface area (Å²) in [6, 6.07) is 4.07. The fraction of sp³-hybridized carbons (Fsp3) is 0.522. The summed E-state index contributed by atoms with van der Waals surface area (Å²) >= 11 is 0. The van der Waals surface area contributed by atoms with Crippen molar-refractivity contribution in [1.29, 1.82) is 0 Å². The zero-order chi connectivity index (χ0) is 25.0. The molecule has 11 heteroatoms. The highest BCUT2D eigenvalue weighted by Gasteiger charge is 2.25. The molecule has 1 atom stereocenters. The number of hydrogen-bond acceptors (Lipinski definition) is 9. The second-order valence-corrected chi connectivity index (χ2v) is 7.09. The summed E-state index contributed by atoms with van der Waals surface area (Å²) < 4.78 is 16.1. The van der Waals surface area contributed by atoms with Crippen LogP contribution in [0.3, 0.4) is 0 Å². The van der Waals surface area contributed by atoms with Gasteiger partial charge in [-0.2, -0.15) is 0 Å². The molecule has 188 valence electrons. The van der Waals surface area contributed by atoms with E-state index in [0.29, 0.717) is 83.7 Å². The summed E-state index contributed by atoms with van der Waals surface area (Å²) in [7, 11) is 1.47. The van der Waals surface area contributed by atoms with Gasteiger partial charge in [-0.15, -0.1) is 0 Å². The molecule has 2 N–H and O–H groups in total. The molecule has 2 amide bonds. The molecule has 0 bridgehead atoms. The standard InChI is InChI=1S/C23H33N3O8/c1-26(20(17-29)5-3-9-27)23(31)22-19(16-28)4-2-6-21(22)25-8-11-33-13-15-34-14-12-32-10-7-24-18-30/h2,4,6,9,16-18,20,25H,3,5,7-8,10-15H2,1H3,(H,24,30). The van der Waals surface area contributed by atoms with Gasteiger partial charge < -0.3 is 39.3 Å². The molecule has 34 heavy (non-hydrogen) atoms. The topological polar surface area (TPSA) is 140 Å². The minimum atomic E-state index is -0.771. The summed E-state index contributed by atoms with van der Waals surface area (Å²) in [5, 5.41) is 5.58. The first-order chi connectivity index (χ1) is 16.6. The molecule has 0 aliphatic carbocycles. The molecule has 0 saturated heterocycles. The van der Waals surface area contributed by atoms with Crippen molar-refractivity contribution in [2.45, 2.75) is 18.9 Å². The lowest BCUT2D eigenvalue weighted by molar-refractivity contribution is -0.112. The Morgan fingerprint density at radius 1 is 0.971 bits per heavy atom. The molecule has 0 saturated carbocycles. The van der Waals surface area contributed by atoms with Crippen molar-refractivity contribution in [2.24, 2.45) is 0 Å². The van der Waals surface area contributed by atoms with Crippen molar-refractivity contribution in [3.8, 4) is 0 Å². The minimum Gasteiger partial charge on any atom is -0.382 e. The molecule has 1 unspecified atom stereocenters. The molecule has 0 heterocycles. The monoisotopic (exact) mass is 479 g/mol. The Labute approximate surface area is 199 Å². The van der Waals surface area contributed by atoms with E-state index >= 15 is 0 Å². The van der Waals surface area contributed by atoms with E-state index < -0.39 is 11.9 Å². The molecule has 11 nitrogen and oxygen atoms in total. The van der Waals surface area contributed by atoms with Crippen LogP contribution in [-0.4, -0.2) is 102 Å². The van der Waals surface area contributed by atoms with Crippen LogP contribution in [0.5, 0.6) is 0 Å². The molecular weight excluding hydrogens is 446 g/mol. The van der Waals surface area contributed by atoms with Crippen LogP contribution in [0, 0.1) is 0 Å². The number of nitrogens with one attached hydrogen (secondary N) is 2. The Bertz CT molecular complexity index is 775. The Morgan fingerprint density at radius 3 is 2.21 bits per heavy atom. The average molecular weight is 480 g/mol. The Kier molecular flexibility index (Phi) is 15.5. The van der Waals surface area contributed by atoms with Crippen LogP contribution in [0.15, 0.2) is 18.2 Å². The van der Waals surface area contributed by atoms with Gasteiger partial charge >= 0.3 is 0 Å². The van der Waals surface area contributed by atoms with Gasteiger partial charge in [-0.1, -0.05) is 12.1 Å². The number of likely N-dealkylation sites (N-methyl/N-ethyl adjacent to an activating group) is 1. The van der Waals surface area contributed by atoms with Crippen molar-refractivity contribution in [2.75, 3.05) is 65.1 Å². The van der Waals surface area contributed by atoms with Crippen molar-refractivity contribution in [3.63, 3.8) is 0 Å². The van der Waals surface area contributed by atoms with Gasteiger partial charge in [0, 0.05) is 37.8 Å². The fourth-order valence-corrected chi connectivity index (χ4v) is 2.96. The van der Waals surface area contributed by atoms with Crippen molar-refractivity contribution in [3.05, 3.63) is 29.3 Å². The zero-order valence-electron chi connectivity index (χ0n) is 19.4. The normalized spacial score (nSPS) is 11.3. The molecule has 0 radical (unpaired) electrons. The van der Waals surface area contributed by atoms with E-state index in [-0.39, 0.29) is 24.0 Å². The summed E-state index contributed by atoms with van der Waals surface area (Å²) in [6.45, 7) is 3.17. The number of carbonyl (C=O) groups excluding carboxylic acids is 5. The number of carbonyl (C=O) groups is 5. The van der Waals surface area contributed by atoms with Crippen LogP contribution < -0.4 is 10.6 Å². The SMILES string of the molecule is CN(C(=O)c1c(C=O)cccc1NCCOCCOCCOCCNC=O)C(C=O)CCC=O. The molecule has 1 aromatic rings. The largest absolute Gasteiger partial charge is 0.382 e. The fourth-order valence-electron chi connectivity index (χ4n) is 2.96. The van der Waals surface area contributed by atoms with Gasteiger partial charge in [0.1, 0.15) is 12.6 Å². The summed E-state index contributed by atoms with van der Waals surface area (Å²) in [5.41, 5.74) is 0.799. The van der Waals surface area contributed by atoms with Crippen LogP contribution in [0.25, 0.3) is 0 Å². The van der Waals surface area contributed by atoms with E-state index in [1.54, 1.807) is 12.1 Å². The van der Waals surface area contributed by atoms with Gasteiger partial charge in [-0.05, 0) is 12.5 Å². The lowest BCUT2D eigenvalue weighted by Crippen LogP contribution is -2.39. The number of anilines is 1. The first-order valence-corrected chi connectivity index (χ1v) is 11.0. The van der Waals surface area contributed by atoms with E-state index in [0.717, 1.165) is 0 Å². The third kappa shape index (κ3) is 10.6. The van der Waals surface area contributed by atoms with Crippen LogP contribution in [0.2, 0.25) is 0 Å². The first-order valence-electron chi connectivity index (χ1n) is 11.0. The second-order valence-electron chi connectivity index (χ2n) is 7.09. The maximum Gasteiger partial charge on any atom is 0.257 e. The maximum absolute atomic E-state index is 13.0. The highest BCUT2D eigenvalue weighted by molar-refractivity contribution is 6.06. The Morgan fingerprint density at radius 2 is 1.62 bits per heavy atom. The number of rotatable bonds is 21. The van der Waals surface area contributed by atoms with Gasteiger partial charge in [-0.3, -0.25) is 14.4 Å². The van der Waals surface area contributed by atoms with Gasteiger partial charge in [0.05, 0.1) is 51.2 Å². The molecule has 0 aliphatic rings. The number of ether oxygens (including phenoxy) is 3. The number of hydrogen-bond donors (Lipinski definition) is 2. The first kappa shape index (κ1) is 28.9. The molecule has 0 fully saturated rings. The van der Waals surface area contributed by atoms with Gasteiger partial charge in [0.2, 0.25) is 6.41 Å². The lowest BCUT2D eigenvalue weighted by Gasteiger charge is -2.25. The van der Waals surface area contributed by atoms with Crippen molar-refractivity contribution in [1.82, 2.24) is 10.2 Å². The van der Waals surface area contributed by atoms with E-state index in [4.69, 9.17) is 14.2 Å². The zero-order valence-corrected chi connectivity index (χ0v) is 19.4. The highest BCUT2D eigenvalue weighted by atomic mass is 16.5. The van der Waals surface area contributed by atoms with Crippen molar-refractivity contribution < 1.29 is 38.2 Å². The smallest absolute Gasteiger partial charge is 0.257 e. The number of amides is 2. The highest BCUT2D eigenvalue weighted by Crippen LogP contribution is 2.22. The third-order valence-corrected chi connectivity index (χ3v) is 4.77. The molecule has 0 aliphatic heterocycles. The van der Waals surface area contributed by atoms with E-state index in [9.17, 15) is 24.0 Å². The molecule has 0 aromatic heterocycles.